The van der Waals surface area contributed by atoms with E-state index >= 15 is 4.39 Å². The van der Waals surface area contributed by atoms with Crippen molar-refractivity contribution < 1.29 is 23.8 Å². The molecule has 7 nitrogen and oxygen atoms in total. The topological polar surface area (TPSA) is 106 Å². The van der Waals surface area contributed by atoms with Crippen molar-refractivity contribution in [1.29, 1.82) is 0 Å². The number of aromatic nitrogens is 1. The second-order valence-corrected chi connectivity index (χ2v) is 10.7. The Balaban J connectivity index is 1.72. The van der Waals surface area contributed by atoms with Gasteiger partial charge in [0.15, 0.2) is 0 Å². The highest BCUT2D eigenvalue weighted by Crippen LogP contribution is 2.51. The van der Waals surface area contributed by atoms with Gasteiger partial charge in [0.2, 0.25) is 0 Å². The van der Waals surface area contributed by atoms with Gasteiger partial charge in [0, 0.05) is 35.3 Å². The van der Waals surface area contributed by atoms with E-state index in [4.69, 9.17) is 33.7 Å². The fraction of sp³-hybridized carbons (Fsp3) is 0.321. The second kappa shape index (κ2) is 10.0. The molecule has 5 rings (SSSR count). The Morgan fingerprint density at radius 1 is 1.13 bits per heavy atom. The highest BCUT2D eigenvalue weighted by atomic mass is 35.5. The van der Waals surface area contributed by atoms with Crippen molar-refractivity contribution in [3.8, 4) is 11.1 Å². The molecular weight excluding hydrogens is 532 g/mol. The van der Waals surface area contributed by atoms with Crippen molar-refractivity contribution in [2.75, 3.05) is 13.2 Å². The van der Waals surface area contributed by atoms with Gasteiger partial charge in [-0.3, -0.25) is 14.6 Å². The third-order valence-corrected chi connectivity index (χ3v) is 7.66. The Morgan fingerprint density at radius 3 is 2.37 bits per heavy atom. The smallest absolute Gasteiger partial charge is 0.327 e. The number of fused-ring (bicyclic) bond motifs is 1. The number of carbonyl (C=O) groups excluding carboxylic acids is 2. The first-order valence-corrected chi connectivity index (χ1v) is 13.0. The van der Waals surface area contributed by atoms with Crippen LogP contribution in [0.5, 0.6) is 0 Å². The van der Waals surface area contributed by atoms with Gasteiger partial charge in [-0.2, -0.15) is 4.39 Å². The third-order valence-electron chi connectivity index (χ3n) is 7.18. The number of ether oxygens (including phenoxy) is 1. The fourth-order valence-electron chi connectivity index (χ4n) is 4.72. The molecule has 1 aliphatic carbocycles. The number of aliphatic hydroxyl groups excluding tert-OH is 1. The Morgan fingerprint density at radius 2 is 1.79 bits per heavy atom. The van der Waals surface area contributed by atoms with Crippen molar-refractivity contribution in [3.63, 3.8) is 0 Å². The van der Waals surface area contributed by atoms with Crippen LogP contribution in [0.25, 0.3) is 11.1 Å². The van der Waals surface area contributed by atoms with Gasteiger partial charge in [-0.15, -0.1) is 0 Å². The highest BCUT2D eigenvalue weighted by molar-refractivity contribution is 6.30. The molecule has 2 unspecified atom stereocenters. The Labute approximate surface area is 229 Å². The lowest BCUT2D eigenvalue weighted by atomic mass is 9.89. The fourth-order valence-corrected chi connectivity index (χ4v) is 4.95. The zero-order valence-electron chi connectivity index (χ0n) is 20.6. The zero-order chi connectivity index (χ0) is 27.2. The van der Waals surface area contributed by atoms with Gasteiger partial charge in [0.25, 0.3) is 11.8 Å². The van der Waals surface area contributed by atoms with Crippen molar-refractivity contribution in [2.24, 2.45) is 11.1 Å². The Bertz CT molecular complexity index is 1390. The molecule has 3 aromatic rings. The van der Waals surface area contributed by atoms with Crippen LogP contribution in [0.2, 0.25) is 10.0 Å². The van der Waals surface area contributed by atoms with Crippen LogP contribution in [0.15, 0.2) is 54.7 Å². The molecule has 0 saturated heterocycles. The maximum Gasteiger partial charge on any atom is 0.327 e. The molecule has 10 heteroatoms. The molecule has 1 aliphatic heterocycles. The van der Waals surface area contributed by atoms with Gasteiger partial charge in [-0.25, -0.2) is 4.90 Å². The van der Waals surface area contributed by atoms with Crippen molar-refractivity contribution in [2.45, 2.75) is 38.3 Å². The Hall–Kier alpha value is -2.88. The molecule has 2 atom stereocenters. The summed E-state index contributed by atoms with van der Waals surface area (Å²) >= 11 is 12.1. The van der Waals surface area contributed by atoms with E-state index in [-0.39, 0.29) is 30.7 Å². The number of benzene rings is 2. The maximum atomic E-state index is 17.4. The molecule has 0 bridgehead atoms. The molecule has 38 heavy (non-hydrogen) atoms. The predicted molar refractivity (Wildman–Crippen MR) is 141 cm³/mol. The van der Waals surface area contributed by atoms with E-state index in [9.17, 15) is 14.7 Å². The number of rotatable bonds is 8. The van der Waals surface area contributed by atoms with Gasteiger partial charge in [0.05, 0.1) is 22.8 Å². The lowest BCUT2D eigenvalue weighted by Crippen LogP contribution is -2.51. The molecule has 0 spiro atoms. The number of nitrogens with zero attached hydrogens (tertiary/aromatic N) is 2. The number of alkyl halides is 1. The maximum absolute atomic E-state index is 17.4. The SMILES string of the molecule is CC(O)C(=O)N1C(=O)c2ccc(-c3ccc(Cl)cc3)c(Cc3ccc(Cl)cn3)c2C1(F)OCC1(CN)CC1. The first-order valence-electron chi connectivity index (χ1n) is 12.2. The van der Waals surface area contributed by atoms with Crippen LogP contribution in [-0.2, 0) is 21.9 Å². The molecule has 1 aromatic heterocycles. The van der Waals surface area contributed by atoms with E-state index in [0.29, 0.717) is 31.8 Å². The Kier molecular flexibility index (Phi) is 7.04. The number of pyridine rings is 1. The summed E-state index contributed by atoms with van der Waals surface area (Å²) in [6, 6.07) is 13.5. The lowest BCUT2D eigenvalue weighted by molar-refractivity contribution is -0.238. The first kappa shape index (κ1) is 26.7. The number of amides is 2. The van der Waals surface area contributed by atoms with Crippen molar-refractivity contribution in [3.05, 3.63) is 87.2 Å². The summed E-state index contributed by atoms with van der Waals surface area (Å²) in [5, 5.41) is 11.0. The minimum atomic E-state index is -2.96. The van der Waals surface area contributed by atoms with Crippen LogP contribution in [0, 0.1) is 5.41 Å². The average Bonchev–Trinajstić information content (AvgIpc) is 3.65. The lowest BCUT2D eigenvalue weighted by Gasteiger charge is -2.33. The van der Waals surface area contributed by atoms with Crippen LogP contribution in [0.1, 0.15) is 46.9 Å². The summed E-state index contributed by atoms with van der Waals surface area (Å²) in [4.78, 5) is 31.3. The normalized spacial score (nSPS) is 20.4. The summed E-state index contributed by atoms with van der Waals surface area (Å²) in [5.41, 5.74) is 7.67. The molecule has 2 aromatic carbocycles. The minimum Gasteiger partial charge on any atom is -0.384 e. The van der Waals surface area contributed by atoms with Crippen LogP contribution in [0.3, 0.4) is 0 Å². The standard InChI is InChI=1S/C28H26Cl2FN3O4/c1-16(35)25(36)34-26(37)22-9-8-21(17-2-4-18(29)5-3-17)23(12-20-7-6-19(30)13-33-20)24(22)28(34,31)38-15-27(14-32)10-11-27/h2-9,13,16,35H,10-12,14-15,32H2,1H3. The number of imide groups is 1. The average molecular weight is 558 g/mol. The van der Waals surface area contributed by atoms with Crippen LogP contribution < -0.4 is 5.73 Å². The van der Waals surface area contributed by atoms with Crippen molar-refractivity contribution >= 4 is 35.0 Å². The van der Waals surface area contributed by atoms with Gasteiger partial charge in [0.1, 0.15) is 6.10 Å². The van der Waals surface area contributed by atoms with E-state index in [2.05, 4.69) is 4.98 Å². The van der Waals surface area contributed by atoms with E-state index in [1.165, 1.54) is 19.2 Å². The predicted octanol–water partition coefficient (Wildman–Crippen LogP) is 4.84. The highest BCUT2D eigenvalue weighted by Gasteiger charge is 2.58. The van der Waals surface area contributed by atoms with E-state index in [0.717, 1.165) is 18.4 Å². The van der Waals surface area contributed by atoms with Gasteiger partial charge >= 0.3 is 5.98 Å². The molecule has 198 valence electrons. The summed E-state index contributed by atoms with van der Waals surface area (Å²) in [7, 11) is 0. The second-order valence-electron chi connectivity index (χ2n) is 9.87. The summed E-state index contributed by atoms with van der Waals surface area (Å²) in [5.74, 6) is -4.95. The molecule has 2 heterocycles. The number of aliphatic hydroxyl groups is 1. The quantitative estimate of drug-likeness (QED) is 0.384. The van der Waals surface area contributed by atoms with Crippen molar-refractivity contribution in [1.82, 2.24) is 9.88 Å². The molecule has 1 fully saturated rings. The van der Waals surface area contributed by atoms with Gasteiger partial charge in [-0.1, -0.05) is 41.4 Å². The minimum absolute atomic E-state index is 0.0271. The zero-order valence-corrected chi connectivity index (χ0v) is 22.1. The number of hydrogen-bond acceptors (Lipinski definition) is 6. The summed E-state index contributed by atoms with van der Waals surface area (Å²) < 4.78 is 23.2. The van der Waals surface area contributed by atoms with Crippen LogP contribution in [-0.4, -0.2) is 46.1 Å². The molecular formula is C28H26Cl2FN3O4. The van der Waals surface area contributed by atoms with E-state index in [1.807, 2.05) is 0 Å². The molecule has 1 saturated carbocycles. The summed E-state index contributed by atoms with van der Waals surface area (Å²) in [6.07, 6.45) is 1.45. The van der Waals surface area contributed by atoms with Gasteiger partial charge < -0.3 is 15.6 Å². The molecule has 3 N–H and O–H groups in total. The third kappa shape index (κ3) is 4.72. The number of hydrogen-bond donors (Lipinski definition) is 2. The number of halogens is 3. The number of nitrogens with two attached hydrogens (primary N) is 1. The van der Waals surface area contributed by atoms with Gasteiger partial charge in [-0.05, 0) is 66.8 Å². The van der Waals surface area contributed by atoms with Crippen LogP contribution >= 0.6 is 23.2 Å². The largest absolute Gasteiger partial charge is 0.384 e. The first-order chi connectivity index (χ1) is 18.1. The number of carbonyl (C=O) groups is 2. The monoisotopic (exact) mass is 557 g/mol. The van der Waals surface area contributed by atoms with E-state index < -0.39 is 29.3 Å². The molecule has 2 amide bonds. The summed E-state index contributed by atoms with van der Waals surface area (Å²) in [6.45, 7) is 1.36. The van der Waals surface area contributed by atoms with E-state index in [1.54, 1.807) is 42.5 Å². The molecule has 2 aliphatic rings. The van der Waals surface area contributed by atoms with Crippen LogP contribution in [0.4, 0.5) is 4.39 Å². The molecule has 0 radical (unpaired) electrons.